The summed E-state index contributed by atoms with van der Waals surface area (Å²) in [4.78, 5) is 26.2. The molecule has 6 nitrogen and oxygen atoms in total. The third-order valence-corrected chi connectivity index (χ3v) is 4.89. The number of anilines is 2. The molecule has 1 atom stereocenters. The largest absolute Gasteiger partial charge is 0.497 e. The van der Waals surface area contributed by atoms with Gasteiger partial charge in [-0.3, -0.25) is 14.5 Å². The molecule has 0 radical (unpaired) electrons. The van der Waals surface area contributed by atoms with Crippen LogP contribution in [0, 0.1) is 0 Å². The molecule has 2 aromatic rings. The molecule has 28 heavy (non-hydrogen) atoms. The van der Waals surface area contributed by atoms with Crippen molar-refractivity contribution in [2.75, 3.05) is 17.7 Å². The average Bonchev–Trinajstić information content (AvgIpc) is 3.52. The van der Waals surface area contributed by atoms with Crippen molar-refractivity contribution in [2.45, 2.75) is 45.3 Å². The number of amides is 2. The quantitative estimate of drug-likeness (QED) is 0.732. The first-order valence-electron chi connectivity index (χ1n) is 9.53. The third kappa shape index (κ3) is 5.33. The van der Waals surface area contributed by atoms with Gasteiger partial charge in [0.05, 0.1) is 13.2 Å². The first-order chi connectivity index (χ1) is 13.5. The fraction of sp³-hybridized carbons (Fsp3) is 0.364. The van der Waals surface area contributed by atoms with Crippen molar-refractivity contribution in [3.05, 3.63) is 54.1 Å². The summed E-state index contributed by atoms with van der Waals surface area (Å²) in [5.74, 6) is 0.673. The summed E-state index contributed by atoms with van der Waals surface area (Å²) in [6.45, 7) is 4.14. The van der Waals surface area contributed by atoms with Crippen LogP contribution in [0.5, 0.6) is 5.75 Å². The van der Waals surface area contributed by atoms with E-state index < -0.39 is 0 Å². The molecule has 0 aliphatic heterocycles. The summed E-state index contributed by atoms with van der Waals surface area (Å²) in [7, 11) is 1.65. The number of carbonyl (C=O) groups excluding carboxylic acids is 2. The van der Waals surface area contributed by atoms with Crippen LogP contribution >= 0.6 is 0 Å². The lowest BCUT2D eigenvalue weighted by Crippen LogP contribution is -2.42. The number of hydrogen-bond acceptors (Lipinski definition) is 4. The molecule has 3 rings (SSSR count). The van der Waals surface area contributed by atoms with E-state index in [-0.39, 0.29) is 17.9 Å². The molecule has 1 aliphatic carbocycles. The van der Waals surface area contributed by atoms with Gasteiger partial charge in [-0.1, -0.05) is 12.1 Å². The second-order valence-corrected chi connectivity index (χ2v) is 7.18. The second kappa shape index (κ2) is 8.89. The topological polar surface area (TPSA) is 70.7 Å². The van der Waals surface area contributed by atoms with Gasteiger partial charge in [-0.15, -0.1) is 0 Å². The molecule has 2 aromatic carbocycles. The standard InChI is InChI=1S/C22H27N3O3/c1-15(22(27)24-19-8-6-18(7-9-19)23-16(2)26)25(20-10-11-20)14-17-4-12-21(28-3)13-5-17/h4-9,12-13,15,20H,10-11,14H2,1-3H3,(H,23,26)(H,24,27)/t15-/m0/s1. The van der Waals surface area contributed by atoms with Crippen molar-refractivity contribution in [3.8, 4) is 5.75 Å². The van der Waals surface area contributed by atoms with Gasteiger partial charge in [-0.2, -0.15) is 0 Å². The summed E-state index contributed by atoms with van der Waals surface area (Å²) >= 11 is 0. The number of rotatable bonds is 8. The van der Waals surface area contributed by atoms with Crippen LogP contribution in [-0.4, -0.2) is 35.9 Å². The van der Waals surface area contributed by atoms with Gasteiger partial charge in [-0.05, 0) is 61.7 Å². The van der Waals surface area contributed by atoms with E-state index in [1.807, 2.05) is 31.2 Å². The minimum atomic E-state index is -0.246. The summed E-state index contributed by atoms with van der Waals surface area (Å²) in [5.41, 5.74) is 2.58. The smallest absolute Gasteiger partial charge is 0.241 e. The lowest BCUT2D eigenvalue weighted by Gasteiger charge is -2.28. The van der Waals surface area contributed by atoms with Crippen LogP contribution < -0.4 is 15.4 Å². The van der Waals surface area contributed by atoms with Crippen LogP contribution in [0.4, 0.5) is 11.4 Å². The molecule has 0 saturated heterocycles. The zero-order valence-electron chi connectivity index (χ0n) is 16.6. The molecule has 1 aliphatic rings. The Morgan fingerprint density at radius 3 is 2.11 bits per heavy atom. The Morgan fingerprint density at radius 1 is 1.04 bits per heavy atom. The molecule has 0 aromatic heterocycles. The van der Waals surface area contributed by atoms with E-state index in [0.717, 1.165) is 30.7 Å². The highest BCUT2D eigenvalue weighted by molar-refractivity contribution is 5.95. The van der Waals surface area contributed by atoms with Gasteiger partial charge < -0.3 is 15.4 Å². The van der Waals surface area contributed by atoms with Crippen molar-refractivity contribution < 1.29 is 14.3 Å². The molecule has 6 heteroatoms. The predicted molar refractivity (Wildman–Crippen MR) is 110 cm³/mol. The molecule has 0 spiro atoms. The monoisotopic (exact) mass is 381 g/mol. The number of nitrogens with zero attached hydrogens (tertiary/aromatic N) is 1. The second-order valence-electron chi connectivity index (χ2n) is 7.18. The summed E-state index contributed by atoms with van der Waals surface area (Å²) in [6.07, 6.45) is 2.25. The maximum atomic E-state index is 12.8. The summed E-state index contributed by atoms with van der Waals surface area (Å²) in [6, 6.07) is 15.3. The highest BCUT2D eigenvalue weighted by Crippen LogP contribution is 2.31. The first-order valence-corrected chi connectivity index (χ1v) is 9.53. The van der Waals surface area contributed by atoms with Crippen molar-refractivity contribution in [2.24, 2.45) is 0 Å². The van der Waals surface area contributed by atoms with E-state index in [0.29, 0.717) is 17.4 Å². The van der Waals surface area contributed by atoms with Crippen LogP contribution in [0.1, 0.15) is 32.3 Å². The zero-order chi connectivity index (χ0) is 20.1. The van der Waals surface area contributed by atoms with E-state index in [1.165, 1.54) is 6.92 Å². The number of carbonyl (C=O) groups is 2. The van der Waals surface area contributed by atoms with Gasteiger partial charge in [0.15, 0.2) is 0 Å². The lowest BCUT2D eigenvalue weighted by atomic mass is 10.1. The average molecular weight is 381 g/mol. The van der Waals surface area contributed by atoms with E-state index in [4.69, 9.17) is 4.74 Å². The van der Waals surface area contributed by atoms with E-state index in [1.54, 1.807) is 31.4 Å². The Morgan fingerprint density at radius 2 is 1.61 bits per heavy atom. The van der Waals surface area contributed by atoms with Gasteiger partial charge in [0.25, 0.3) is 0 Å². The number of nitrogens with one attached hydrogen (secondary N) is 2. The third-order valence-electron chi connectivity index (χ3n) is 4.89. The summed E-state index contributed by atoms with van der Waals surface area (Å²) < 4.78 is 5.21. The molecule has 0 bridgehead atoms. The van der Waals surface area contributed by atoms with Gasteiger partial charge >= 0.3 is 0 Å². The Kier molecular flexibility index (Phi) is 6.31. The number of hydrogen-bond donors (Lipinski definition) is 2. The molecule has 1 saturated carbocycles. The molecule has 148 valence electrons. The van der Waals surface area contributed by atoms with Crippen molar-refractivity contribution >= 4 is 23.2 Å². The van der Waals surface area contributed by atoms with Crippen LogP contribution in [0.25, 0.3) is 0 Å². The fourth-order valence-corrected chi connectivity index (χ4v) is 3.17. The molecule has 2 amide bonds. The normalized spacial score (nSPS) is 14.4. The highest BCUT2D eigenvalue weighted by atomic mass is 16.5. The molecular formula is C22H27N3O3. The van der Waals surface area contributed by atoms with Crippen LogP contribution in [0.2, 0.25) is 0 Å². The van der Waals surface area contributed by atoms with Crippen LogP contribution in [0.3, 0.4) is 0 Å². The minimum absolute atomic E-state index is 0.0345. The molecule has 0 heterocycles. The Balaban J connectivity index is 1.62. The van der Waals surface area contributed by atoms with E-state index >= 15 is 0 Å². The zero-order valence-corrected chi connectivity index (χ0v) is 16.6. The van der Waals surface area contributed by atoms with Crippen molar-refractivity contribution in [1.29, 1.82) is 0 Å². The Bertz CT molecular complexity index is 814. The maximum absolute atomic E-state index is 12.8. The highest BCUT2D eigenvalue weighted by Gasteiger charge is 2.35. The van der Waals surface area contributed by atoms with Gasteiger partial charge in [0, 0.05) is 30.9 Å². The minimum Gasteiger partial charge on any atom is -0.497 e. The predicted octanol–water partition coefficient (Wildman–Crippen LogP) is 3.65. The molecule has 1 fully saturated rings. The Labute approximate surface area is 165 Å². The molecular weight excluding hydrogens is 354 g/mol. The SMILES string of the molecule is COc1ccc(CN(C2CC2)[C@@H](C)C(=O)Nc2ccc(NC(C)=O)cc2)cc1. The maximum Gasteiger partial charge on any atom is 0.241 e. The molecule has 0 unspecified atom stereocenters. The number of ether oxygens (including phenoxy) is 1. The molecule has 2 N–H and O–H groups in total. The Hall–Kier alpha value is -2.86. The van der Waals surface area contributed by atoms with Crippen LogP contribution in [0.15, 0.2) is 48.5 Å². The first kappa shape index (κ1) is 19.9. The number of methoxy groups -OCH3 is 1. The van der Waals surface area contributed by atoms with Crippen molar-refractivity contribution in [3.63, 3.8) is 0 Å². The van der Waals surface area contributed by atoms with Crippen LogP contribution in [-0.2, 0) is 16.1 Å². The lowest BCUT2D eigenvalue weighted by molar-refractivity contribution is -0.121. The van der Waals surface area contributed by atoms with E-state index in [9.17, 15) is 9.59 Å². The van der Waals surface area contributed by atoms with E-state index in [2.05, 4.69) is 15.5 Å². The van der Waals surface area contributed by atoms with Gasteiger partial charge in [0.2, 0.25) is 11.8 Å². The summed E-state index contributed by atoms with van der Waals surface area (Å²) in [5, 5.41) is 5.69. The fourth-order valence-electron chi connectivity index (χ4n) is 3.17. The van der Waals surface area contributed by atoms with Gasteiger partial charge in [-0.25, -0.2) is 0 Å². The number of benzene rings is 2. The van der Waals surface area contributed by atoms with Gasteiger partial charge in [0.1, 0.15) is 5.75 Å². The van der Waals surface area contributed by atoms with Crippen molar-refractivity contribution in [1.82, 2.24) is 4.90 Å².